The molecular formula is C18H27NO2. The van der Waals surface area contributed by atoms with Crippen molar-refractivity contribution in [2.24, 2.45) is 5.92 Å². The highest BCUT2D eigenvalue weighted by atomic mass is 16.5. The fourth-order valence-electron chi connectivity index (χ4n) is 4.08. The van der Waals surface area contributed by atoms with Gasteiger partial charge < -0.3 is 9.84 Å². The molecule has 116 valence electrons. The molecule has 0 aromatic heterocycles. The van der Waals surface area contributed by atoms with Crippen LogP contribution < -0.4 is 4.74 Å². The molecule has 1 saturated carbocycles. The van der Waals surface area contributed by atoms with E-state index in [9.17, 15) is 5.11 Å². The minimum atomic E-state index is -0.0773. The van der Waals surface area contributed by atoms with E-state index in [1.807, 2.05) is 12.1 Å². The van der Waals surface area contributed by atoms with Crippen LogP contribution in [-0.4, -0.2) is 35.8 Å². The average Bonchev–Trinajstić information content (AvgIpc) is 2.95. The Hall–Kier alpha value is -1.06. The summed E-state index contributed by atoms with van der Waals surface area (Å²) in [5.74, 6) is 1.41. The van der Waals surface area contributed by atoms with E-state index >= 15 is 0 Å². The zero-order valence-corrected chi connectivity index (χ0v) is 13.0. The number of rotatable bonds is 4. The molecule has 1 aromatic rings. The van der Waals surface area contributed by atoms with Gasteiger partial charge in [-0.2, -0.15) is 0 Å². The quantitative estimate of drug-likeness (QED) is 0.924. The predicted molar refractivity (Wildman–Crippen MR) is 84.4 cm³/mol. The van der Waals surface area contributed by atoms with E-state index in [1.165, 1.54) is 44.2 Å². The average molecular weight is 289 g/mol. The standard InChI is InChI=1S/C18H27NO2/c1-21-15-10-8-14(9-11-15)13-19-12-3-2-6-17(19)16-5-4-7-18(16)20/h8-11,16-18,20H,2-7,12-13H2,1H3. The number of hydrogen-bond donors (Lipinski definition) is 1. The second-order valence-electron chi connectivity index (χ2n) is 6.54. The molecule has 21 heavy (non-hydrogen) atoms. The van der Waals surface area contributed by atoms with Gasteiger partial charge in [-0.3, -0.25) is 4.90 Å². The van der Waals surface area contributed by atoms with Gasteiger partial charge in [0, 0.05) is 18.5 Å². The fourth-order valence-corrected chi connectivity index (χ4v) is 4.08. The number of likely N-dealkylation sites (tertiary alicyclic amines) is 1. The molecule has 0 bridgehead atoms. The maximum absolute atomic E-state index is 10.3. The van der Waals surface area contributed by atoms with Gasteiger partial charge >= 0.3 is 0 Å². The number of methoxy groups -OCH3 is 1. The topological polar surface area (TPSA) is 32.7 Å². The first-order valence-electron chi connectivity index (χ1n) is 8.33. The summed E-state index contributed by atoms with van der Waals surface area (Å²) in [7, 11) is 1.71. The van der Waals surface area contributed by atoms with Gasteiger partial charge in [-0.15, -0.1) is 0 Å². The largest absolute Gasteiger partial charge is 0.497 e. The Morgan fingerprint density at radius 2 is 1.90 bits per heavy atom. The van der Waals surface area contributed by atoms with Gasteiger partial charge in [0.15, 0.2) is 0 Å². The number of aliphatic hydroxyl groups is 1. The number of nitrogens with zero attached hydrogens (tertiary/aromatic N) is 1. The Bertz CT molecular complexity index is 445. The van der Waals surface area contributed by atoms with Crippen LogP contribution >= 0.6 is 0 Å². The fraction of sp³-hybridized carbons (Fsp3) is 0.667. The SMILES string of the molecule is COc1ccc(CN2CCCCC2C2CCCC2O)cc1. The summed E-state index contributed by atoms with van der Waals surface area (Å²) < 4.78 is 5.23. The van der Waals surface area contributed by atoms with Crippen molar-refractivity contribution in [3.63, 3.8) is 0 Å². The lowest BCUT2D eigenvalue weighted by Crippen LogP contribution is -2.45. The van der Waals surface area contributed by atoms with Crippen LogP contribution in [0.15, 0.2) is 24.3 Å². The third kappa shape index (κ3) is 3.41. The molecule has 0 radical (unpaired) electrons. The summed E-state index contributed by atoms with van der Waals surface area (Å²) >= 11 is 0. The molecule has 3 unspecified atom stereocenters. The smallest absolute Gasteiger partial charge is 0.118 e. The van der Waals surface area contributed by atoms with Crippen molar-refractivity contribution in [1.82, 2.24) is 4.90 Å². The van der Waals surface area contributed by atoms with Crippen molar-refractivity contribution in [2.75, 3.05) is 13.7 Å². The van der Waals surface area contributed by atoms with Gasteiger partial charge in [0.1, 0.15) is 5.75 Å². The highest BCUT2D eigenvalue weighted by molar-refractivity contribution is 5.27. The van der Waals surface area contributed by atoms with Crippen LogP contribution in [0, 0.1) is 5.92 Å². The zero-order valence-electron chi connectivity index (χ0n) is 13.0. The molecule has 1 aliphatic carbocycles. The molecule has 1 aromatic carbocycles. The summed E-state index contributed by atoms with van der Waals surface area (Å²) in [6.45, 7) is 2.16. The molecule has 1 aliphatic heterocycles. The summed E-state index contributed by atoms with van der Waals surface area (Å²) in [6, 6.07) is 8.97. The van der Waals surface area contributed by atoms with Crippen LogP contribution in [0.25, 0.3) is 0 Å². The highest BCUT2D eigenvalue weighted by Gasteiger charge is 2.36. The Balaban J connectivity index is 1.68. The summed E-state index contributed by atoms with van der Waals surface area (Å²) in [4.78, 5) is 2.60. The van der Waals surface area contributed by atoms with Gasteiger partial charge in [0.25, 0.3) is 0 Å². The number of piperidine rings is 1. The summed E-state index contributed by atoms with van der Waals surface area (Å²) in [5.41, 5.74) is 1.34. The van der Waals surface area contributed by atoms with Gasteiger partial charge in [-0.25, -0.2) is 0 Å². The predicted octanol–water partition coefficient (Wildman–Crippen LogP) is 3.21. The first-order chi connectivity index (χ1) is 10.3. The lowest BCUT2D eigenvalue weighted by Gasteiger charge is -2.40. The molecule has 3 atom stereocenters. The molecule has 3 heteroatoms. The Morgan fingerprint density at radius 3 is 2.57 bits per heavy atom. The first-order valence-corrected chi connectivity index (χ1v) is 8.33. The van der Waals surface area contributed by atoms with Crippen molar-refractivity contribution in [3.05, 3.63) is 29.8 Å². The van der Waals surface area contributed by atoms with Crippen LogP contribution in [-0.2, 0) is 6.54 Å². The molecule has 3 nitrogen and oxygen atoms in total. The third-order valence-electron chi connectivity index (χ3n) is 5.23. The van der Waals surface area contributed by atoms with Crippen molar-refractivity contribution >= 4 is 0 Å². The molecule has 3 rings (SSSR count). The van der Waals surface area contributed by atoms with Crippen LogP contribution in [0.2, 0.25) is 0 Å². The summed E-state index contributed by atoms with van der Waals surface area (Å²) in [5, 5.41) is 10.3. The van der Waals surface area contributed by atoms with E-state index in [0.29, 0.717) is 12.0 Å². The van der Waals surface area contributed by atoms with Crippen molar-refractivity contribution < 1.29 is 9.84 Å². The summed E-state index contributed by atoms with van der Waals surface area (Å²) in [6.07, 6.45) is 7.16. The monoisotopic (exact) mass is 289 g/mol. The Kier molecular flexibility index (Phi) is 4.81. The first kappa shape index (κ1) is 14.9. The Morgan fingerprint density at radius 1 is 1.10 bits per heavy atom. The van der Waals surface area contributed by atoms with Gasteiger partial charge in [0.2, 0.25) is 0 Å². The van der Waals surface area contributed by atoms with Gasteiger partial charge in [-0.1, -0.05) is 25.0 Å². The number of aliphatic hydroxyl groups excluding tert-OH is 1. The highest BCUT2D eigenvalue weighted by Crippen LogP contribution is 2.35. The van der Waals surface area contributed by atoms with E-state index < -0.39 is 0 Å². The molecular weight excluding hydrogens is 262 g/mol. The normalized spacial score (nSPS) is 30.5. The van der Waals surface area contributed by atoms with Crippen molar-refractivity contribution in [3.8, 4) is 5.75 Å². The lowest BCUT2D eigenvalue weighted by molar-refractivity contribution is 0.0313. The molecule has 0 amide bonds. The number of benzene rings is 1. The maximum Gasteiger partial charge on any atom is 0.118 e. The van der Waals surface area contributed by atoms with Crippen molar-refractivity contribution in [1.29, 1.82) is 0 Å². The molecule has 2 fully saturated rings. The minimum absolute atomic E-state index is 0.0773. The van der Waals surface area contributed by atoms with Crippen LogP contribution in [0.4, 0.5) is 0 Å². The van der Waals surface area contributed by atoms with E-state index in [1.54, 1.807) is 7.11 Å². The van der Waals surface area contributed by atoms with Crippen LogP contribution in [0.5, 0.6) is 5.75 Å². The molecule has 1 heterocycles. The molecule has 1 saturated heterocycles. The van der Waals surface area contributed by atoms with E-state index in [2.05, 4.69) is 17.0 Å². The van der Waals surface area contributed by atoms with Crippen LogP contribution in [0.1, 0.15) is 44.1 Å². The molecule has 0 spiro atoms. The molecule has 1 N–H and O–H groups in total. The van der Waals surface area contributed by atoms with Gasteiger partial charge in [-0.05, 0) is 49.9 Å². The zero-order chi connectivity index (χ0) is 14.7. The van der Waals surface area contributed by atoms with Crippen molar-refractivity contribution in [2.45, 2.75) is 57.2 Å². The van der Waals surface area contributed by atoms with E-state index in [0.717, 1.165) is 18.7 Å². The lowest BCUT2D eigenvalue weighted by atomic mass is 9.87. The number of hydrogen-bond acceptors (Lipinski definition) is 3. The van der Waals surface area contributed by atoms with Crippen LogP contribution in [0.3, 0.4) is 0 Å². The second kappa shape index (κ2) is 6.80. The minimum Gasteiger partial charge on any atom is -0.497 e. The number of ether oxygens (including phenoxy) is 1. The Labute approximate surface area is 127 Å². The molecule has 2 aliphatic rings. The van der Waals surface area contributed by atoms with E-state index in [4.69, 9.17) is 4.74 Å². The third-order valence-corrected chi connectivity index (χ3v) is 5.23. The second-order valence-corrected chi connectivity index (χ2v) is 6.54. The maximum atomic E-state index is 10.3. The van der Waals surface area contributed by atoms with Gasteiger partial charge in [0.05, 0.1) is 13.2 Å². The van der Waals surface area contributed by atoms with E-state index in [-0.39, 0.29) is 6.10 Å².